The van der Waals surface area contributed by atoms with Crippen LogP contribution in [0.2, 0.25) is 10.0 Å². The standard InChI is InChI=1S/C29H33Cl2N3O6S/c1-5-32-29(36)26(16-20-9-7-6-8-10-20)33(18-21-11-13-23(30)24(31)15-21)28(35)19-34(41(4,37)38)25-14-12-22(39-2)17-27(25)40-3/h6-15,17,26H,5,16,18-19H2,1-4H3,(H,32,36)/t26-/m0/s1. The van der Waals surface area contributed by atoms with Crippen LogP contribution in [-0.2, 0) is 32.6 Å². The summed E-state index contributed by atoms with van der Waals surface area (Å²) in [6.07, 6.45) is 1.20. The highest BCUT2D eigenvalue weighted by Crippen LogP contribution is 2.34. The van der Waals surface area contributed by atoms with Crippen LogP contribution in [0.5, 0.6) is 11.5 Å². The Kier molecular flexibility index (Phi) is 11.3. The second kappa shape index (κ2) is 14.4. The van der Waals surface area contributed by atoms with Gasteiger partial charge in [-0.05, 0) is 42.3 Å². The predicted molar refractivity (Wildman–Crippen MR) is 161 cm³/mol. The molecule has 3 aromatic rings. The molecule has 0 aliphatic carbocycles. The topological polar surface area (TPSA) is 105 Å². The first-order valence-electron chi connectivity index (χ1n) is 12.7. The molecule has 0 aromatic heterocycles. The second-order valence-corrected chi connectivity index (χ2v) is 11.9. The van der Waals surface area contributed by atoms with Gasteiger partial charge in [-0.15, -0.1) is 0 Å². The first-order chi connectivity index (χ1) is 19.5. The van der Waals surface area contributed by atoms with Crippen molar-refractivity contribution in [2.75, 3.05) is 37.9 Å². The summed E-state index contributed by atoms with van der Waals surface area (Å²) in [7, 11) is -1.11. The molecule has 3 aromatic carbocycles. The van der Waals surface area contributed by atoms with E-state index in [0.717, 1.165) is 16.1 Å². The zero-order valence-corrected chi connectivity index (χ0v) is 25.6. The third-order valence-corrected chi connectivity index (χ3v) is 8.16. The summed E-state index contributed by atoms with van der Waals surface area (Å²) in [5, 5.41) is 3.44. The summed E-state index contributed by atoms with van der Waals surface area (Å²) in [5.41, 5.74) is 1.59. The van der Waals surface area contributed by atoms with Crippen LogP contribution in [0, 0.1) is 0 Å². The van der Waals surface area contributed by atoms with E-state index in [2.05, 4.69) is 5.32 Å². The number of ether oxygens (including phenoxy) is 2. The van der Waals surface area contributed by atoms with E-state index in [1.165, 1.54) is 31.3 Å². The molecule has 2 amide bonds. The van der Waals surface area contributed by atoms with Crippen molar-refractivity contribution in [3.05, 3.63) is 87.9 Å². The molecule has 0 saturated carbocycles. The number of hydrogen-bond donors (Lipinski definition) is 1. The Bertz CT molecular complexity index is 1470. The SMILES string of the molecule is CCNC(=O)[C@H](Cc1ccccc1)N(Cc1ccc(Cl)c(Cl)c1)C(=O)CN(c1ccc(OC)cc1OC)S(C)(=O)=O. The second-order valence-electron chi connectivity index (χ2n) is 9.18. The van der Waals surface area contributed by atoms with Gasteiger partial charge in [0.25, 0.3) is 0 Å². The minimum atomic E-state index is -3.97. The quantitative estimate of drug-likeness (QED) is 0.300. The highest BCUT2D eigenvalue weighted by Gasteiger charge is 2.33. The molecule has 0 spiro atoms. The number of carbonyl (C=O) groups is 2. The van der Waals surface area contributed by atoms with Crippen molar-refractivity contribution in [1.29, 1.82) is 0 Å². The molecular weight excluding hydrogens is 589 g/mol. The molecule has 0 saturated heterocycles. The minimum absolute atomic E-state index is 0.0261. The molecule has 0 radical (unpaired) electrons. The number of nitrogens with zero attached hydrogens (tertiary/aromatic N) is 2. The van der Waals surface area contributed by atoms with Gasteiger partial charge in [-0.2, -0.15) is 0 Å². The van der Waals surface area contributed by atoms with Crippen molar-refractivity contribution in [2.24, 2.45) is 0 Å². The molecule has 41 heavy (non-hydrogen) atoms. The van der Waals surface area contributed by atoms with Gasteiger partial charge in [0.15, 0.2) is 0 Å². The molecule has 0 fully saturated rings. The average Bonchev–Trinajstić information content (AvgIpc) is 2.95. The maximum absolute atomic E-state index is 14.1. The Morgan fingerprint density at radius 1 is 0.927 bits per heavy atom. The number of benzene rings is 3. The van der Waals surface area contributed by atoms with Gasteiger partial charge in [-0.1, -0.05) is 59.6 Å². The Morgan fingerprint density at radius 2 is 1.63 bits per heavy atom. The van der Waals surface area contributed by atoms with E-state index in [-0.39, 0.29) is 35.3 Å². The molecule has 0 unspecified atom stereocenters. The number of amides is 2. The van der Waals surface area contributed by atoms with Crippen LogP contribution in [0.3, 0.4) is 0 Å². The number of nitrogens with one attached hydrogen (secondary N) is 1. The molecule has 0 heterocycles. The highest BCUT2D eigenvalue weighted by atomic mass is 35.5. The minimum Gasteiger partial charge on any atom is -0.497 e. The fraction of sp³-hybridized carbons (Fsp3) is 0.310. The molecule has 0 aliphatic rings. The number of rotatable bonds is 13. The lowest BCUT2D eigenvalue weighted by atomic mass is 10.0. The molecule has 0 aliphatic heterocycles. The lowest BCUT2D eigenvalue weighted by molar-refractivity contribution is -0.140. The van der Waals surface area contributed by atoms with Crippen molar-refractivity contribution in [3.63, 3.8) is 0 Å². The van der Waals surface area contributed by atoms with Gasteiger partial charge in [-0.3, -0.25) is 13.9 Å². The van der Waals surface area contributed by atoms with Crippen LogP contribution in [0.1, 0.15) is 18.1 Å². The van der Waals surface area contributed by atoms with Crippen LogP contribution < -0.4 is 19.1 Å². The van der Waals surface area contributed by atoms with E-state index in [4.69, 9.17) is 32.7 Å². The van der Waals surface area contributed by atoms with Gasteiger partial charge in [0.05, 0.1) is 36.2 Å². The average molecular weight is 623 g/mol. The van der Waals surface area contributed by atoms with Crippen LogP contribution >= 0.6 is 23.2 Å². The lowest BCUT2D eigenvalue weighted by Gasteiger charge is -2.33. The van der Waals surface area contributed by atoms with Crippen molar-refractivity contribution in [2.45, 2.75) is 25.9 Å². The van der Waals surface area contributed by atoms with E-state index in [9.17, 15) is 18.0 Å². The summed E-state index contributed by atoms with van der Waals surface area (Å²) in [6.45, 7) is 1.51. The van der Waals surface area contributed by atoms with Gasteiger partial charge in [-0.25, -0.2) is 8.42 Å². The van der Waals surface area contributed by atoms with E-state index in [1.54, 1.807) is 31.2 Å². The summed E-state index contributed by atoms with van der Waals surface area (Å²) in [5.74, 6) is -0.335. The van der Waals surface area contributed by atoms with E-state index in [1.807, 2.05) is 30.3 Å². The van der Waals surface area contributed by atoms with Crippen molar-refractivity contribution < 1.29 is 27.5 Å². The highest BCUT2D eigenvalue weighted by molar-refractivity contribution is 7.92. The molecule has 9 nitrogen and oxygen atoms in total. The van der Waals surface area contributed by atoms with Crippen LogP contribution in [-0.4, -0.2) is 64.7 Å². The third kappa shape index (κ3) is 8.51. The zero-order chi connectivity index (χ0) is 30.2. The van der Waals surface area contributed by atoms with E-state index < -0.39 is 28.5 Å². The van der Waals surface area contributed by atoms with Gasteiger partial charge < -0.3 is 19.7 Å². The maximum Gasteiger partial charge on any atom is 0.244 e. The molecule has 0 bridgehead atoms. The molecule has 3 rings (SSSR count). The monoisotopic (exact) mass is 621 g/mol. The Hall–Kier alpha value is -3.47. The lowest BCUT2D eigenvalue weighted by Crippen LogP contribution is -2.53. The summed E-state index contributed by atoms with van der Waals surface area (Å²) in [6, 6.07) is 17.8. The molecule has 12 heteroatoms. The van der Waals surface area contributed by atoms with E-state index in [0.29, 0.717) is 22.9 Å². The van der Waals surface area contributed by atoms with Crippen LogP contribution in [0.15, 0.2) is 66.7 Å². The number of sulfonamides is 1. The first kappa shape index (κ1) is 32.0. The molecule has 220 valence electrons. The van der Waals surface area contributed by atoms with E-state index >= 15 is 0 Å². The number of likely N-dealkylation sites (N-methyl/N-ethyl adjacent to an activating group) is 1. The smallest absolute Gasteiger partial charge is 0.244 e. The first-order valence-corrected chi connectivity index (χ1v) is 15.3. The summed E-state index contributed by atoms with van der Waals surface area (Å²) < 4.78 is 37.6. The van der Waals surface area contributed by atoms with Crippen molar-refractivity contribution >= 4 is 50.7 Å². The Labute approximate surface area is 251 Å². The number of halogens is 2. The Morgan fingerprint density at radius 3 is 2.22 bits per heavy atom. The number of methoxy groups -OCH3 is 2. The summed E-state index contributed by atoms with van der Waals surface area (Å²) >= 11 is 12.4. The van der Waals surface area contributed by atoms with Gasteiger partial charge in [0, 0.05) is 25.6 Å². The van der Waals surface area contributed by atoms with Gasteiger partial charge in [0.2, 0.25) is 21.8 Å². The molecule has 1 atom stereocenters. The van der Waals surface area contributed by atoms with Crippen LogP contribution in [0.25, 0.3) is 0 Å². The summed E-state index contributed by atoms with van der Waals surface area (Å²) in [4.78, 5) is 28.9. The molecule has 1 N–H and O–H groups in total. The van der Waals surface area contributed by atoms with Gasteiger partial charge in [0.1, 0.15) is 24.1 Å². The normalized spacial score (nSPS) is 11.9. The van der Waals surface area contributed by atoms with Crippen molar-refractivity contribution in [3.8, 4) is 11.5 Å². The fourth-order valence-electron chi connectivity index (χ4n) is 4.27. The molecular formula is C29H33Cl2N3O6S. The zero-order valence-electron chi connectivity index (χ0n) is 23.3. The third-order valence-electron chi connectivity index (χ3n) is 6.29. The van der Waals surface area contributed by atoms with Gasteiger partial charge >= 0.3 is 0 Å². The Balaban J connectivity index is 2.09. The number of anilines is 1. The number of hydrogen-bond acceptors (Lipinski definition) is 6. The van der Waals surface area contributed by atoms with Crippen molar-refractivity contribution in [1.82, 2.24) is 10.2 Å². The number of carbonyl (C=O) groups excluding carboxylic acids is 2. The predicted octanol–water partition coefficient (Wildman–Crippen LogP) is 4.55. The largest absolute Gasteiger partial charge is 0.497 e. The maximum atomic E-state index is 14.1. The fourth-order valence-corrected chi connectivity index (χ4v) is 5.44. The van der Waals surface area contributed by atoms with Crippen LogP contribution in [0.4, 0.5) is 5.69 Å².